The van der Waals surface area contributed by atoms with Gasteiger partial charge in [0.1, 0.15) is 11.5 Å². The van der Waals surface area contributed by atoms with Crippen molar-refractivity contribution < 1.29 is 22.7 Å². The molecule has 7 nitrogen and oxygen atoms in total. The van der Waals surface area contributed by atoms with Crippen molar-refractivity contribution in [1.82, 2.24) is 10.0 Å². The predicted octanol–water partition coefficient (Wildman–Crippen LogP) is 2.26. The van der Waals surface area contributed by atoms with Gasteiger partial charge in [0, 0.05) is 19.5 Å². The molecule has 0 heterocycles. The van der Waals surface area contributed by atoms with Crippen LogP contribution < -0.4 is 19.5 Å². The van der Waals surface area contributed by atoms with Gasteiger partial charge in [-0.25, -0.2) is 13.1 Å². The Balaban J connectivity index is 1.62. The summed E-state index contributed by atoms with van der Waals surface area (Å²) in [4.78, 5) is 12.0. The fraction of sp³-hybridized carbons (Fsp3) is 0.350. The summed E-state index contributed by atoms with van der Waals surface area (Å²) in [5.74, 6) is 1.22. The van der Waals surface area contributed by atoms with Crippen LogP contribution in [0.1, 0.15) is 18.4 Å². The number of rotatable bonds is 11. The molecule has 0 fully saturated rings. The summed E-state index contributed by atoms with van der Waals surface area (Å²) in [5, 5.41) is 2.69. The van der Waals surface area contributed by atoms with Crippen LogP contribution in [0.5, 0.6) is 11.5 Å². The summed E-state index contributed by atoms with van der Waals surface area (Å²) in [6.45, 7) is 2.76. The summed E-state index contributed by atoms with van der Waals surface area (Å²) in [6.07, 6.45) is 0.897. The molecule has 0 aliphatic rings. The van der Waals surface area contributed by atoms with E-state index in [2.05, 4.69) is 10.0 Å². The predicted molar refractivity (Wildman–Crippen MR) is 107 cm³/mol. The summed E-state index contributed by atoms with van der Waals surface area (Å²) >= 11 is 0. The molecule has 2 rings (SSSR count). The highest BCUT2D eigenvalue weighted by Gasteiger charge is 2.13. The third-order valence-electron chi connectivity index (χ3n) is 3.92. The van der Waals surface area contributed by atoms with E-state index in [1.54, 1.807) is 12.1 Å². The number of carbonyl (C=O) groups excluding carboxylic acids is 1. The van der Waals surface area contributed by atoms with Gasteiger partial charge in [-0.05, 0) is 55.3 Å². The topological polar surface area (TPSA) is 93.7 Å². The molecule has 0 saturated carbocycles. The standard InChI is InChI=1S/C20H26N2O5S/c1-16-5-3-6-18(15-16)27-14-4-7-20(23)21-12-13-22-28(24,25)19-10-8-17(26-2)9-11-19/h3,5-6,8-11,15,22H,4,7,12-14H2,1-2H3,(H,21,23). The van der Waals surface area contributed by atoms with Crippen LogP contribution in [0.25, 0.3) is 0 Å². The minimum atomic E-state index is -3.62. The van der Waals surface area contributed by atoms with E-state index in [9.17, 15) is 13.2 Å². The quantitative estimate of drug-likeness (QED) is 0.558. The first-order valence-electron chi connectivity index (χ1n) is 9.00. The number of aryl methyl sites for hydroxylation is 1. The Labute approximate surface area is 166 Å². The summed E-state index contributed by atoms with van der Waals surface area (Å²) in [5.41, 5.74) is 1.12. The van der Waals surface area contributed by atoms with Gasteiger partial charge in [0.25, 0.3) is 0 Å². The van der Waals surface area contributed by atoms with Gasteiger partial charge in [-0.3, -0.25) is 4.79 Å². The van der Waals surface area contributed by atoms with Gasteiger partial charge >= 0.3 is 0 Å². The van der Waals surface area contributed by atoms with Crippen molar-refractivity contribution in [2.24, 2.45) is 0 Å². The minimum absolute atomic E-state index is 0.111. The molecule has 0 saturated heterocycles. The SMILES string of the molecule is COc1ccc(S(=O)(=O)NCCNC(=O)CCCOc2cccc(C)c2)cc1. The van der Waals surface area contributed by atoms with Gasteiger partial charge in [-0.1, -0.05) is 12.1 Å². The van der Waals surface area contributed by atoms with Gasteiger partial charge in [0.05, 0.1) is 18.6 Å². The second kappa shape index (κ2) is 10.7. The molecule has 0 radical (unpaired) electrons. The molecule has 2 N–H and O–H groups in total. The lowest BCUT2D eigenvalue weighted by molar-refractivity contribution is -0.121. The van der Waals surface area contributed by atoms with Crippen LogP contribution in [-0.2, 0) is 14.8 Å². The molecule has 0 spiro atoms. The number of benzene rings is 2. The molecule has 152 valence electrons. The molecular formula is C20H26N2O5S. The van der Waals surface area contributed by atoms with E-state index in [0.717, 1.165) is 11.3 Å². The number of carbonyl (C=O) groups is 1. The number of hydrogen-bond acceptors (Lipinski definition) is 5. The van der Waals surface area contributed by atoms with Gasteiger partial charge in [0.15, 0.2) is 0 Å². The lowest BCUT2D eigenvalue weighted by Crippen LogP contribution is -2.34. The molecule has 0 bridgehead atoms. The van der Waals surface area contributed by atoms with E-state index in [-0.39, 0.29) is 23.9 Å². The Morgan fingerprint density at radius 3 is 2.46 bits per heavy atom. The number of nitrogens with one attached hydrogen (secondary N) is 2. The van der Waals surface area contributed by atoms with Crippen molar-refractivity contribution in [3.8, 4) is 11.5 Å². The maximum Gasteiger partial charge on any atom is 0.240 e. The van der Waals surface area contributed by atoms with E-state index >= 15 is 0 Å². The molecule has 1 amide bonds. The fourth-order valence-electron chi connectivity index (χ4n) is 2.44. The van der Waals surface area contributed by atoms with Crippen LogP contribution in [0.2, 0.25) is 0 Å². The van der Waals surface area contributed by atoms with Crippen LogP contribution in [-0.4, -0.2) is 41.1 Å². The first-order chi connectivity index (χ1) is 13.4. The van der Waals surface area contributed by atoms with Crippen molar-refractivity contribution in [1.29, 1.82) is 0 Å². The molecule has 8 heteroatoms. The third kappa shape index (κ3) is 7.21. The minimum Gasteiger partial charge on any atom is -0.497 e. The first kappa shape index (κ1) is 21.7. The zero-order chi connectivity index (χ0) is 20.4. The fourth-order valence-corrected chi connectivity index (χ4v) is 3.47. The number of ether oxygens (including phenoxy) is 2. The van der Waals surface area contributed by atoms with E-state index in [1.807, 2.05) is 31.2 Å². The van der Waals surface area contributed by atoms with E-state index in [0.29, 0.717) is 25.2 Å². The summed E-state index contributed by atoms with van der Waals surface area (Å²) in [6, 6.07) is 13.8. The van der Waals surface area contributed by atoms with Crippen LogP contribution in [0, 0.1) is 6.92 Å². The maximum absolute atomic E-state index is 12.2. The van der Waals surface area contributed by atoms with Crippen molar-refractivity contribution in [2.45, 2.75) is 24.7 Å². The van der Waals surface area contributed by atoms with Crippen molar-refractivity contribution in [3.05, 3.63) is 54.1 Å². The number of sulfonamides is 1. The van der Waals surface area contributed by atoms with Crippen molar-refractivity contribution in [3.63, 3.8) is 0 Å². The lowest BCUT2D eigenvalue weighted by atomic mass is 10.2. The molecule has 0 atom stereocenters. The molecule has 2 aromatic rings. The average molecular weight is 407 g/mol. The maximum atomic E-state index is 12.2. The normalized spacial score (nSPS) is 11.1. The molecule has 0 aliphatic heterocycles. The first-order valence-corrected chi connectivity index (χ1v) is 10.5. The highest BCUT2D eigenvalue weighted by Crippen LogP contribution is 2.15. The Kier molecular flexibility index (Phi) is 8.28. The summed E-state index contributed by atoms with van der Waals surface area (Å²) in [7, 11) is -2.10. The zero-order valence-electron chi connectivity index (χ0n) is 16.1. The highest BCUT2D eigenvalue weighted by molar-refractivity contribution is 7.89. The Bertz CT molecular complexity index is 866. The molecule has 0 aromatic heterocycles. The van der Waals surface area contributed by atoms with Gasteiger partial charge in [-0.15, -0.1) is 0 Å². The lowest BCUT2D eigenvalue weighted by Gasteiger charge is -2.09. The second-order valence-electron chi connectivity index (χ2n) is 6.19. The van der Waals surface area contributed by atoms with Crippen LogP contribution >= 0.6 is 0 Å². The Morgan fingerprint density at radius 1 is 1.04 bits per heavy atom. The number of amides is 1. The Morgan fingerprint density at radius 2 is 1.79 bits per heavy atom. The van der Waals surface area contributed by atoms with Gasteiger partial charge in [0.2, 0.25) is 15.9 Å². The van der Waals surface area contributed by atoms with E-state index < -0.39 is 10.0 Å². The van der Waals surface area contributed by atoms with E-state index in [4.69, 9.17) is 9.47 Å². The zero-order valence-corrected chi connectivity index (χ0v) is 16.9. The average Bonchev–Trinajstić information content (AvgIpc) is 2.69. The molecular weight excluding hydrogens is 380 g/mol. The molecule has 2 aromatic carbocycles. The number of methoxy groups -OCH3 is 1. The van der Waals surface area contributed by atoms with Gasteiger partial charge < -0.3 is 14.8 Å². The van der Waals surface area contributed by atoms with Crippen LogP contribution in [0.4, 0.5) is 0 Å². The smallest absolute Gasteiger partial charge is 0.240 e. The van der Waals surface area contributed by atoms with Gasteiger partial charge in [-0.2, -0.15) is 0 Å². The van der Waals surface area contributed by atoms with E-state index in [1.165, 1.54) is 19.2 Å². The van der Waals surface area contributed by atoms with Crippen LogP contribution in [0.15, 0.2) is 53.4 Å². The largest absolute Gasteiger partial charge is 0.497 e. The molecule has 0 unspecified atom stereocenters. The third-order valence-corrected chi connectivity index (χ3v) is 5.39. The van der Waals surface area contributed by atoms with Crippen LogP contribution in [0.3, 0.4) is 0 Å². The molecule has 0 aliphatic carbocycles. The Hall–Kier alpha value is -2.58. The van der Waals surface area contributed by atoms with Crippen molar-refractivity contribution in [2.75, 3.05) is 26.8 Å². The second-order valence-corrected chi connectivity index (χ2v) is 7.96. The van der Waals surface area contributed by atoms with Crippen molar-refractivity contribution >= 4 is 15.9 Å². The molecule has 28 heavy (non-hydrogen) atoms. The monoisotopic (exact) mass is 406 g/mol. The summed E-state index contributed by atoms with van der Waals surface area (Å²) < 4.78 is 37.4. The number of hydrogen-bond donors (Lipinski definition) is 2. The highest BCUT2D eigenvalue weighted by atomic mass is 32.2.